The van der Waals surface area contributed by atoms with Crippen LogP contribution < -0.4 is 0 Å². The largest absolute Gasteiger partial charge is 0.299 e. The summed E-state index contributed by atoms with van der Waals surface area (Å²) in [6.45, 7) is 6.65. The van der Waals surface area contributed by atoms with Crippen molar-refractivity contribution in [3.05, 3.63) is 0 Å². The molecule has 0 atom stereocenters. The molecular weight excluding hydrogens is 184 g/mol. The highest BCUT2D eigenvalue weighted by molar-refractivity contribution is 5.81. The third kappa shape index (κ3) is 5.34. The average molecular weight is 210 g/mol. The molecule has 0 amide bonds. The van der Waals surface area contributed by atoms with Crippen molar-refractivity contribution >= 4 is 5.78 Å². The molecule has 1 rings (SSSR count). The van der Waals surface area contributed by atoms with Crippen molar-refractivity contribution in [1.29, 1.82) is 0 Å². The number of rotatable bonds is 3. The molecule has 0 radical (unpaired) electrons. The highest BCUT2D eigenvalue weighted by atomic mass is 16.1. The molecule has 0 spiro atoms. The summed E-state index contributed by atoms with van der Waals surface area (Å²) >= 11 is 0. The second kappa shape index (κ2) is 5.67. The standard InChI is InChI=1S/C14H26O/c1-14(2,3)11-10-13(15)12-8-6-4-5-7-9-12/h12H,4-11H2,1-3H3. The van der Waals surface area contributed by atoms with Gasteiger partial charge in [-0.3, -0.25) is 4.79 Å². The van der Waals surface area contributed by atoms with E-state index in [1.807, 2.05) is 0 Å². The molecule has 0 heterocycles. The van der Waals surface area contributed by atoms with E-state index in [4.69, 9.17) is 0 Å². The fraction of sp³-hybridized carbons (Fsp3) is 0.929. The fourth-order valence-corrected chi connectivity index (χ4v) is 2.30. The van der Waals surface area contributed by atoms with Crippen molar-refractivity contribution in [3.63, 3.8) is 0 Å². The van der Waals surface area contributed by atoms with Crippen LogP contribution >= 0.6 is 0 Å². The Hall–Kier alpha value is -0.330. The third-order valence-electron chi connectivity index (χ3n) is 3.43. The first-order valence-electron chi connectivity index (χ1n) is 6.52. The molecule has 1 aliphatic carbocycles. The van der Waals surface area contributed by atoms with Gasteiger partial charge in [0.15, 0.2) is 0 Å². The van der Waals surface area contributed by atoms with E-state index in [1.54, 1.807) is 0 Å². The first-order chi connectivity index (χ1) is 6.99. The van der Waals surface area contributed by atoms with E-state index >= 15 is 0 Å². The Bertz CT molecular complexity index is 192. The predicted octanol–water partition coefficient (Wildman–Crippen LogP) is 4.35. The van der Waals surface area contributed by atoms with Crippen molar-refractivity contribution in [2.45, 2.75) is 72.1 Å². The van der Waals surface area contributed by atoms with E-state index in [2.05, 4.69) is 20.8 Å². The lowest BCUT2D eigenvalue weighted by molar-refractivity contribution is -0.123. The second-order valence-corrected chi connectivity index (χ2v) is 6.22. The maximum Gasteiger partial charge on any atom is 0.135 e. The maximum absolute atomic E-state index is 12.0. The van der Waals surface area contributed by atoms with Crippen molar-refractivity contribution < 1.29 is 4.79 Å². The highest BCUT2D eigenvalue weighted by Gasteiger charge is 2.21. The minimum atomic E-state index is 0.306. The molecule has 1 fully saturated rings. The van der Waals surface area contributed by atoms with Crippen LogP contribution in [0.2, 0.25) is 0 Å². The van der Waals surface area contributed by atoms with Gasteiger partial charge in [-0.2, -0.15) is 0 Å². The second-order valence-electron chi connectivity index (χ2n) is 6.22. The molecule has 0 aliphatic heterocycles. The third-order valence-corrected chi connectivity index (χ3v) is 3.43. The lowest BCUT2D eigenvalue weighted by Crippen LogP contribution is -2.16. The summed E-state index contributed by atoms with van der Waals surface area (Å²) in [5, 5.41) is 0. The summed E-state index contributed by atoms with van der Waals surface area (Å²) in [6.07, 6.45) is 9.37. The Morgan fingerprint density at radius 1 is 1.07 bits per heavy atom. The van der Waals surface area contributed by atoms with Gasteiger partial charge in [0.1, 0.15) is 5.78 Å². The van der Waals surface area contributed by atoms with E-state index < -0.39 is 0 Å². The molecule has 1 heteroatoms. The van der Waals surface area contributed by atoms with E-state index in [-0.39, 0.29) is 0 Å². The number of carbonyl (C=O) groups excluding carboxylic acids is 1. The van der Waals surface area contributed by atoms with Crippen LogP contribution in [0.25, 0.3) is 0 Å². The molecule has 0 bridgehead atoms. The first-order valence-corrected chi connectivity index (χ1v) is 6.52. The van der Waals surface area contributed by atoms with Gasteiger partial charge in [0, 0.05) is 12.3 Å². The van der Waals surface area contributed by atoms with Crippen LogP contribution in [-0.2, 0) is 4.79 Å². The van der Waals surface area contributed by atoms with Crippen molar-refractivity contribution in [2.75, 3.05) is 0 Å². The minimum absolute atomic E-state index is 0.306. The molecule has 0 aromatic rings. The minimum Gasteiger partial charge on any atom is -0.299 e. The maximum atomic E-state index is 12.0. The van der Waals surface area contributed by atoms with Gasteiger partial charge in [0.05, 0.1) is 0 Å². The number of Topliss-reactive ketones (excluding diaryl/α,β-unsaturated/α-hetero) is 1. The van der Waals surface area contributed by atoms with Crippen LogP contribution in [0.15, 0.2) is 0 Å². The molecule has 1 aliphatic rings. The van der Waals surface area contributed by atoms with Gasteiger partial charge in [-0.15, -0.1) is 0 Å². The van der Waals surface area contributed by atoms with Crippen LogP contribution in [0, 0.1) is 11.3 Å². The van der Waals surface area contributed by atoms with Crippen molar-refractivity contribution in [3.8, 4) is 0 Å². The fourth-order valence-electron chi connectivity index (χ4n) is 2.30. The van der Waals surface area contributed by atoms with Gasteiger partial charge in [0.2, 0.25) is 0 Å². The van der Waals surface area contributed by atoms with E-state index in [1.165, 1.54) is 25.7 Å². The van der Waals surface area contributed by atoms with Crippen LogP contribution in [0.1, 0.15) is 72.1 Å². The molecule has 0 N–H and O–H groups in total. The van der Waals surface area contributed by atoms with Gasteiger partial charge in [0.25, 0.3) is 0 Å². The normalized spacial score (nSPS) is 19.9. The Morgan fingerprint density at radius 3 is 2.07 bits per heavy atom. The van der Waals surface area contributed by atoms with Crippen LogP contribution in [0.5, 0.6) is 0 Å². The van der Waals surface area contributed by atoms with Crippen LogP contribution in [0.4, 0.5) is 0 Å². The Kier molecular flexibility index (Phi) is 4.82. The molecule has 88 valence electrons. The Morgan fingerprint density at radius 2 is 1.60 bits per heavy atom. The monoisotopic (exact) mass is 210 g/mol. The summed E-state index contributed by atoms with van der Waals surface area (Å²) in [4.78, 5) is 12.0. The zero-order valence-corrected chi connectivity index (χ0v) is 10.6. The molecule has 15 heavy (non-hydrogen) atoms. The topological polar surface area (TPSA) is 17.1 Å². The van der Waals surface area contributed by atoms with Crippen molar-refractivity contribution in [2.24, 2.45) is 11.3 Å². The zero-order valence-electron chi connectivity index (χ0n) is 10.6. The number of carbonyl (C=O) groups is 1. The summed E-state index contributed by atoms with van der Waals surface area (Å²) in [7, 11) is 0. The lowest BCUT2D eigenvalue weighted by Gasteiger charge is -2.19. The molecule has 0 unspecified atom stereocenters. The van der Waals surface area contributed by atoms with Gasteiger partial charge >= 0.3 is 0 Å². The van der Waals surface area contributed by atoms with E-state index in [0.29, 0.717) is 17.1 Å². The summed E-state index contributed by atoms with van der Waals surface area (Å²) in [5.41, 5.74) is 0.306. The number of hydrogen-bond donors (Lipinski definition) is 0. The van der Waals surface area contributed by atoms with E-state index in [0.717, 1.165) is 25.7 Å². The molecule has 1 nitrogen and oxygen atoms in total. The summed E-state index contributed by atoms with van der Waals surface area (Å²) in [5.74, 6) is 0.932. The average Bonchev–Trinajstić information content (AvgIpc) is 2.41. The molecule has 0 aromatic carbocycles. The quantitative estimate of drug-likeness (QED) is 0.633. The number of ketones is 1. The SMILES string of the molecule is CC(C)(C)CCC(=O)C1CCCCCC1. The first kappa shape index (κ1) is 12.7. The smallest absolute Gasteiger partial charge is 0.135 e. The predicted molar refractivity (Wildman–Crippen MR) is 64.9 cm³/mol. The molecular formula is C14H26O. The summed E-state index contributed by atoms with van der Waals surface area (Å²) < 4.78 is 0. The van der Waals surface area contributed by atoms with Crippen molar-refractivity contribution in [1.82, 2.24) is 0 Å². The summed E-state index contributed by atoms with van der Waals surface area (Å²) in [6, 6.07) is 0. The van der Waals surface area contributed by atoms with Gasteiger partial charge < -0.3 is 0 Å². The Labute approximate surface area is 94.6 Å². The molecule has 0 aromatic heterocycles. The highest BCUT2D eigenvalue weighted by Crippen LogP contribution is 2.27. The van der Waals surface area contributed by atoms with Gasteiger partial charge in [-0.25, -0.2) is 0 Å². The van der Waals surface area contributed by atoms with E-state index in [9.17, 15) is 4.79 Å². The van der Waals surface area contributed by atoms with Gasteiger partial charge in [-0.05, 0) is 24.7 Å². The van der Waals surface area contributed by atoms with Gasteiger partial charge in [-0.1, -0.05) is 46.5 Å². The Balaban J connectivity index is 2.32. The van der Waals surface area contributed by atoms with Crippen LogP contribution in [0.3, 0.4) is 0 Å². The van der Waals surface area contributed by atoms with Crippen LogP contribution in [-0.4, -0.2) is 5.78 Å². The molecule has 1 saturated carbocycles. The lowest BCUT2D eigenvalue weighted by atomic mass is 9.85. The zero-order chi connectivity index (χ0) is 11.3. The number of hydrogen-bond acceptors (Lipinski definition) is 1. The molecule has 0 saturated heterocycles.